The molecule has 4 aliphatic carbocycles. The van der Waals surface area contributed by atoms with Gasteiger partial charge in [0, 0.05) is 45.7 Å². The lowest BCUT2D eigenvalue weighted by Gasteiger charge is -2.58. The smallest absolute Gasteiger partial charge is 0.410 e. The number of unbranched alkanes of at least 4 members (excludes halogenated alkanes) is 1. The first kappa shape index (κ1) is 58.1. The van der Waals surface area contributed by atoms with Gasteiger partial charge < -0.3 is 39.4 Å². The second-order valence-electron chi connectivity index (χ2n) is 25.4. The first-order valence-electron chi connectivity index (χ1n) is 27.1. The number of hydrogen-bond donors (Lipinski definition) is 2. The zero-order chi connectivity index (χ0) is 51.5. The Hall–Kier alpha value is -3.51. The SMILES string of the molecule is CC(C)CCC[C@@H](C)[C@H]1CC[C@H]2[C@@H]3CC=C4C[C@@H](OC(=O)C(C)C(=O)N(CCCCN(CCCNC(=O)OC(C)(C)C)C(=O)OC(C)(C)C)CCCNC(=O)OC(C)(C)C)CC[C@]4(C)[C@H]3CC[C@]12C. The number of hydrogen-bond acceptors (Lipinski definition) is 9. The Morgan fingerprint density at radius 3 is 1.78 bits per heavy atom. The molecule has 4 amide bonds. The fourth-order valence-electron chi connectivity index (χ4n) is 12.5. The number of carbonyl (C=O) groups is 5. The van der Waals surface area contributed by atoms with Gasteiger partial charge in [0.1, 0.15) is 28.8 Å². The number of rotatable bonds is 21. The molecular formula is C56H98N4O9. The Morgan fingerprint density at radius 2 is 1.22 bits per heavy atom. The van der Waals surface area contributed by atoms with Gasteiger partial charge in [-0.1, -0.05) is 65.5 Å². The third kappa shape index (κ3) is 17.3. The van der Waals surface area contributed by atoms with Crippen LogP contribution in [-0.4, -0.2) is 102 Å². The molecule has 9 atom stereocenters. The van der Waals surface area contributed by atoms with Crippen LogP contribution in [0.4, 0.5) is 14.4 Å². The lowest BCUT2D eigenvalue weighted by Crippen LogP contribution is -2.51. The predicted octanol–water partition coefficient (Wildman–Crippen LogP) is 12.3. The third-order valence-corrected chi connectivity index (χ3v) is 15.9. The van der Waals surface area contributed by atoms with E-state index < -0.39 is 47.0 Å². The van der Waals surface area contributed by atoms with Crippen LogP contribution >= 0.6 is 0 Å². The standard InChI is InChI=1S/C56H98N4O9/c1-38(2)21-18-22-39(3)44-25-26-45-43-24-23-41-37-42(27-29-55(41,14)46(43)28-30-56(44,45)15)66-48(62)40(4)47(61)59(35-19-31-57-49(63)67-52(5,6)7)33-16-17-34-60(51(65)69-54(11,12)13)36-20-32-58-50(64)68-53(8,9)10/h23,38-40,42-46H,16-22,24-37H2,1-15H3,(H,57,63)(H,58,64)/t39-,40?,42+,43+,44-,45+,46+,55+,56-/m1/s1. The van der Waals surface area contributed by atoms with E-state index in [0.29, 0.717) is 69.7 Å². The Kier molecular flexibility index (Phi) is 20.8. The lowest BCUT2D eigenvalue weighted by molar-refractivity contribution is -0.161. The summed E-state index contributed by atoms with van der Waals surface area (Å²) in [5.74, 6) is 2.74. The van der Waals surface area contributed by atoms with Crippen LogP contribution in [0.1, 0.15) is 200 Å². The molecule has 0 aromatic carbocycles. The number of nitrogens with zero attached hydrogens (tertiary/aromatic N) is 2. The summed E-state index contributed by atoms with van der Waals surface area (Å²) in [6.45, 7) is 32.3. The van der Waals surface area contributed by atoms with Gasteiger partial charge in [0.15, 0.2) is 0 Å². The van der Waals surface area contributed by atoms with E-state index in [2.05, 4.69) is 51.3 Å². The van der Waals surface area contributed by atoms with E-state index in [1.54, 1.807) is 58.3 Å². The average Bonchev–Trinajstić information content (AvgIpc) is 3.58. The Bertz CT molecular complexity index is 1740. The highest BCUT2D eigenvalue weighted by Crippen LogP contribution is 2.67. The summed E-state index contributed by atoms with van der Waals surface area (Å²) < 4.78 is 22.7. The van der Waals surface area contributed by atoms with Crippen molar-refractivity contribution in [1.82, 2.24) is 20.4 Å². The molecule has 3 fully saturated rings. The quantitative estimate of drug-likeness (QED) is 0.0376. The third-order valence-electron chi connectivity index (χ3n) is 15.9. The molecule has 0 bridgehead atoms. The van der Waals surface area contributed by atoms with Gasteiger partial charge in [-0.3, -0.25) is 9.59 Å². The summed E-state index contributed by atoms with van der Waals surface area (Å²) >= 11 is 0. The van der Waals surface area contributed by atoms with Crippen LogP contribution in [-0.2, 0) is 28.5 Å². The van der Waals surface area contributed by atoms with Crippen molar-refractivity contribution in [3.8, 4) is 0 Å². The number of ether oxygens (including phenoxy) is 4. The summed E-state index contributed by atoms with van der Waals surface area (Å²) in [6.07, 6.45) is 15.9. The number of carbonyl (C=O) groups excluding carboxylic acids is 5. The van der Waals surface area contributed by atoms with E-state index in [1.165, 1.54) is 50.5 Å². The summed E-state index contributed by atoms with van der Waals surface area (Å²) in [5, 5.41) is 5.53. The Morgan fingerprint density at radius 1 is 0.667 bits per heavy atom. The monoisotopic (exact) mass is 971 g/mol. The highest BCUT2D eigenvalue weighted by Gasteiger charge is 2.59. The maximum Gasteiger partial charge on any atom is 0.410 e. The van der Waals surface area contributed by atoms with Gasteiger partial charge in [-0.2, -0.15) is 0 Å². The molecule has 0 spiro atoms. The van der Waals surface area contributed by atoms with Crippen molar-refractivity contribution in [2.24, 2.45) is 52.3 Å². The minimum Gasteiger partial charge on any atom is -0.461 e. The van der Waals surface area contributed by atoms with Gasteiger partial charge in [0.25, 0.3) is 0 Å². The average molecular weight is 971 g/mol. The zero-order valence-electron chi connectivity index (χ0n) is 46.1. The second kappa shape index (κ2) is 24.7. The van der Waals surface area contributed by atoms with E-state index in [1.807, 2.05) is 20.8 Å². The highest BCUT2D eigenvalue weighted by atomic mass is 16.6. The largest absolute Gasteiger partial charge is 0.461 e. The predicted molar refractivity (Wildman–Crippen MR) is 273 cm³/mol. The molecule has 13 heteroatoms. The van der Waals surface area contributed by atoms with Crippen molar-refractivity contribution in [2.75, 3.05) is 39.3 Å². The van der Waals surface area contributed by atoms with E-state index >= 15 is 0 Å². The summed E-state index contributed by atoms with van der Waals surface area (Å²) in [7, 11) is 0. The Balaban J connectivity index is 1.36. The van der Waals surface area contributed by atoms with Crippen LogP contribution in [0.2, 0.25) is 0 Å². The topological polar surface area (TPSA) is 153 Å². The molecule has 0 radical (unpaired) electrons. The molecule has 2 N–H and O–H groups in total. The van der Waals surface area contributed by atoms with E-state index in [-0.39, 0.29) is 24.0 Å². The Labute approximate surface area is 418 Å². The van der Waals surface area contributed by atoms with Gasteiger partial charge in [0.05, 0.1) is 0 Å². The molecule has 0 aromatic rings. The molecular weight excluding hydrogens is 873 g/mol. The molecule has 0 heterocycles. The molecule has 1 unspecified atom stereocenters. The van der Waals surface area contributed by atoms with Crippen molar-refractivity contribution >= 4 is 30.2 Å². The van der Waals surface area contributed by atoms with Gasteiger partial charge >= 0.3 is 24.2 Å². The fraction of sp³-hybridized carbons (Fsp3) is 0.875. The second-order valence-corrected chi connectivity index (χ2v) is 25.4. The van der Waals surface area contributed by atoms with Crippen molar-refractivity contribution in [2.45, 2.75) is 223 Å². The first-order chi connectivity index (χ1) is 32.0. The van der Waals surface area contributed by atoms with E-state index in [4.69, 9.17) is 18.9 Å². The number of amides is 4. The van der Waals surface area contributed by atoms with Gasteiger partial charge in [-0.05, 0) is 186 Å². The fourth-order valence-corrected chi connectivity index (χ4v) is 12.5. The van der Waals surface area contributed by atoms with Crippen molar-refractivity contribution < 1.29 is 42.9 Å². The van der Waals surface area contributed by atoms with Crippen LogP contribution < -0.4 is 10.6 Å². The van der Waals surface area contributed by atoms with Crippen molar-refractivity contribution in [1.29, 1.82) is 0 Å². The number of esters is 1. The summed E-state index contributed by atoms with van der Waals surface area (Å²) in [5.41, 5.74) is 0.0533. The van der Waals surface area contributed by atoms with Gasteiger partial charge in [-0.15, -0.1) is 0 Å². The molecule has 3 saturated carbocycles. The number of alkyl carbamates (subject to hydrolysis) is 2. The molecule has 0 aromatic heterocycles. The van der Waals surface area contributed by atoms with Crippen LogP contribution in [0, 0.1) is 52.3 Å². The maximum absolute atomic E-state index is 14.2. The van der Waals surface area contributed by atoms with Crippen molar-refractivity contribution in [3.63, 3.8) is 0 Å². The first-order valence-corrected chi connectivity index (χ1v) is 27.1. The van der Waals surface area contributed by atoms with Crippen LogP contribution in [0.15, 0.2) is 11.6 Å². The highest BCUT2D eigenvalue weighted by molar-refractivity contribution is 5.97. The van der Waals surface area contributed by atoms with Gasteiger partial charge in [0.2, 0.25) is 5.91 Å². The molecule has 4 aliphatic rings. The van der Waals surface area contributed by atoms with Crippen LogP contribution in [0.3, 0.4) is 0 Å². The molecule has 13 nitrogen and oxygen atoms in total. The lowest BCUT2D eigenvalue weighted by atomic mass is 9.47. The minimum absolute atomic E-state index is 0.121. The molecule has 0 saturated heterocycles. The number of allylic oxidation sites excluding steroid dienone is 1. The maximum atomic E-state index is 14.2. The molecule has 4 rings (SSSR count). The summed E-state index contributed by atoms with van der Waals surface area (Å²) in [4.78, 5) is 69.3. The van der Waals surface area contributed by atoms with Crippen LogP contribution in [0.5, 0.6) is 0 Å². The number of fused-ring (bicyclic) bond motifs is 5. The summed E-state index contributed by atoms with van der Waals surface area (Å²) in [6, 6.07) is 0. The zero-order valence-corrected chi connectivity index (χ0v) is 46.1. The molecule has 0 aliphatic heterocycles. The van der Waals surface area contributed by atoms with Gasteiger partial charge in [-0.25, -0.2) is 14.4 Å². The number of nitrogens with one attached hydrogen (secondary N) is 2. The normalized spacial score (nSPS) is 26.6. The minimum atomic E-state index is -1.00. The van der Waals surface area contributed by atoms with Crippen molar-refractivity contribution in [3.05, 3.63) is 11.6 Å². The van der Waals surface area contributed by atoms with E-state index in [0.717, 1.165) is 55.3 Å². The van der Waals surface area contributed by atoms with E-state index in [9.17, 15) is 24.0 Å². The molecule has 69 heavy (non-hydrogen) atoms. The molecule has 396 valence electrons. The van der Waals surface area contributed by atoms with Crippen LogP contribution in [0.25, 0.3) is 0 Å².